The minimum absolute atomic E-state index is 0.213. The molecular weight excluding hydrogens is 256 g/mol. The zero-order valence-corrected chi connectivity index (χ0v) is 12.3. The topological polar surface area (TPSA) is 38.0 Å². The van der Waals surface area contributed by atoms with Gasteiger partial charge in [-0.05, 0) is 24.0 Å². The third-order valence-electron chi connectivity index (χ3n) is 3.73. The lowest BCUT2D eigenvalue weighted by atomic mass is 9.84. The van der Waals surface area contributed by atoms with E-state index < -0.39 is 0 Å². The van der Waals surface area contributed by atoms with Crippen LogP contribution in [0.15, 0.2) is 60.7 Å². The van der Waals surface area contributed by atoms with Crippen molar-refractivity contribution in [1.82, 2.24) is 5.32 Å². The highest BCUT2D eigenvalue weighted by molar-refractivity contribution is 5.23. The summed E-state index contributed by atoms with van der Waals surface area (Å²) in [5.74, 6) is 2.66. The minimum Gasteiger partial charge on any atom is -0.329 e. The van der Waals surface area contributed by atoms with E-state index >= 15 is 0 Å². The fraction of sp³-hybridized carbons (Fsp3) is 0.263. The van der Waals surface area contributed by atoms with Gasteiger partial charge in [0.25, 0.3) is 0 Å². The maximum atomic E-state index is 6.11. The highest BCUT2D eigenvalue weighted by Gasteiger charge is 2.28. The zero-order chi connectivity index (χ0) is 15.0. The van der Waals surface area contributed by atoms with Gasteiger partial charge in [0, 0.05) is 12.1 Å². The minimum atomic E-state index is -0.213. The Hall–Kier alpha value is -2.08. The summed E-state index contributed by atoms with van der Waals surface area (Å²) in [6.07, 6.45) is 7.15. The van der Waals surface area contributed by atoms with Crippen LogP contribution < -0.4 is 11.1 Å². The second-order valence-corrected chi connectivity index (χ2v) is 5.37. The quantitative estimate of drug-likeness (QED) is 0.763. The van der Waals surface area contributed by atoms with Crippen molar-refractivity contribution in [3.63, 3.8) is 0 Å². The van der Waals surface area contributed by atoms with Gasteiger partial charge in [0.05, 0.1) is 6.54 Å². The number of benzene rings is 2. The number of nitrogens with two attached hydrogens (primary N) is 1. The van der Waals surface area contributed by atoms with E-state index in [-0.39, 0.29) is 5.54 Å². The molecule has 2 aromatic rings. The molecule has 0 atom stereocenters. The molecule has 2 nitrogen and oxygen atoms in total. The summed E-state index contributed by atoms with van der Waals surface area (Å²) in [6.45, 7) is 1.06. The van der Waals surface area contributed by atoms with Crippen LogP contribution in [0.4, 0.5) is 0 Å². The van der Waals surface area contributed by atoms with Crippen LogP contribution in [-0.2, 0) is 12.8 Å². The Morgan fingerprint density at radius 2 is 1.38 bits per heavy atom. The van der Waals surface area contributed by atoms with E-state index in [0.717, 1.165) is 12.8 Å². The monoisotopic (exact) mass is 278 g/mol. The molecule has 0 aliphatic carbocycles. The van der Waals surface area contributed by atoms with E-state index in [1.54, 1.807) is 0 Å². The maximum absolute atomic E-state index is 6.11. The lowest BCUT2D eigenvalue weighted by Gasteiger charge is -2.34. The van der Waals surface area contributed by atoms with Gasteiger partial charge in [-0.25, -0.2) is 0 Å². The van der Waals surface area contributed by atoms with E-state index in [1.165, 1.54) is 11.1 Å². The molecule has 0 fully saturated rings. The number of hydrogen-bond acceptors (Lipinski definition) is 2. The highest BCUT2D eigenvalue weighted by atomic mass is 15.0. The van der Waals surface area contributed by atoms with Crippen molar-refractivity contribution >= 4 is 0 Å². The highest BCUT2D eigenvalue weighted by Crippen LogP contribution is 2.18. The summed E-state index contributed by atoms with van der Waals surface area (Å²) >= 11 is 0. The third kappa shape index (κ3) is 4.46. The van der Waals surface area contributed by atoms with Gasteiger partial charge in [0.2, 0.25) is 0 Å². The normalized spacial score (nSPS) is 11.0. The van der Waals surface area contributed by atoms with Crippen LogP contribution in [0.3, 0.4) is 0 Å². The second kappa shape index (κ2) is 7.64. The van der Waals surface area contributed by atoms with E-state index in [1.807, 2.05) is 12.1 Å². The van der Waals surface area contributed by atoms with Crippen molar-refractivity contribution in [1.29, 1.82) is 0 Å². The van der Waals surface area contributed by atoms with E-state index in [2.05, 4.69) is 59.8 Å². The average molecular weight is 278 g/mol. The average Bonchev–Trinajstić information content (AvgIpc) is 2.54. The molecule has 2 heteroatoms. The van der Waals surface area contributed by atoms with Crippen LogP contribution in [0.2, 0.25) is 0 Å². The predicted octanol–water partition coefficient (Wildman–Crippen LogP) is 2.39. The molecule has 0 amide bonds. The predicted molar refractivity (Wildman–Crippen MR) is 88.9 cm³/mol. The Morgan fingerprint density at radius 3 is 1.76 bits per heavy atom. The Labute approximate surface area is 127 Å². The Morgan fingerprint density at radius 1 is 0.905 bits per heavy atom. The number of terminal acetylenes is 1. The molecule has 0 aliphatic rings. The van der Waals surface area contributed by atoms with Crippen LogP contribution >= 0.6 is 0 Å². The van der Waals surface area contributed by atoms with E-state index in [9.17, 15) is 0 Å². The summed E-state index contributed by atoms with van der Waals surface area (Å²) in [7, 11) is 0. The lowest BCUT2D eigenvalue weighted by molar-refractivity contribution is 0.342. The number of rotatable bonds is 7. The molecule has 0 heterocycles. The van der Waals surface area contributed by atoms with E-state index in [4.69, 9.17) is 12.2 Å². The van der Waals surface area contributed by atoms with Crippen LogP contribution in [0.1, 0.15) is 11.1 Å². The standard InChI is InChI=1S/C19H22N2/c1-2-13-21-19(16-20,14-17-9-5-3-6-10-17)15-18-11-7-4-8-12-18/h1,3-12,21H,13-16,20H2. The SMILES string of the molecule is C#CCNC(CN)(Cc1ccccc1)Cc1ccccc1. The van der Waals surface area contributed by atoms with Gasteiger partial charge < -0.3 is 5.73 Å². The molecule has 0 aromatic heterocycles. The molecule has 0 saturated heterocycles. The van der Waals surface area contributed by atoms with Crippen molar-refractivity contribution in [3.05, 3.63) is 71.8 Å². The van der Waals surface area contributed by atoms with Gasteiger partial charge in [-0.15, -0.1) is 6.42 Å². The molecule has 21 heavy (non-hydrogen) atoms. The van der Waals surface area contributed by atoms with Crippen molar-refractivity contribution in [2.24, 2.45) is 5.73 Å². The first-order valence-corrected chi connectivity index (χ1v) is 7.24. The number of hydrogen-bond donors (Lipinski definition) is 2. The maximum Gasteiger partial charge on any atom is 0.0578 e. The van der Waals surface area contributed by atoms with Crippen molar-refractivity contribution in [3.8, 4) is 12.3 Å². The van der Waals surface area contributed by atoms with E-state index in [0.29, 0.717) is 13.1 Å². The third-order valence-corrected chi connectivity index (χ3v) is 3.73. The molecule has 108 valence electrons. The fourth-order valence-corrected chi connectivity index (χ4v) is 2.62. The molecule has 0 radical (unpaired) electrons. The lowest BCUT2D eigenvalue weighted by Crippen LogP contribution is -2.54. The largest absolute Gasteiger partial charge is 0.329 e. The Bertz CT molecular complexity index is 528. The molecular formula is C19H22N2. The molecule has 0 aliphatic heterocycles. The van der Waals surface area contributed by atoms with Crippen LogP contribution in [0, 0.1) is 12.3 Å². The Balaban J connectivity index is 2.22. The van der Waals surface area contributed by atoms with Crippen LogP contribution in [0.25, 0.3) is 0 Å². The first-order valence-electron chi connectivity index (χ1n) is 7.24. The summed E-state index contributed by atoms with van der Waals surface area (Å²) in [6, 6.07) is 20.8. The summed E-state index contributed by atoms with van der Waals surface area (Å²) in [5.41, 5.74) is 8.43. The van der Waals surface area contributed by atoms with Gasteiger partial charge in [0.1, 0.15) is 0 Å². The van der Waals surface area contributed by atoms with Crippen molar-refractivity contribution in [2.75, 3.05) is 13.1 Å². The van der Waals surface area contributed by atoms with Gasteiger partial charge in [-0.1, -0.05) is 66.6 Å². The van der Waals surface area contributed by atoms with Gasteiger partial charge >= 0.3 is 0 Å². The summed E-state index contributed by atoms with van der Waals surface area (Å²) in [5, 5.41) is 3.47. The van der Waals surface area contributed by atoms with Crippen molar-refractivity contribution in [2.45, 2.75) is 18.4 Å². The first-order chi connectivity index (χ1) is 10.3. The molecule has 2 aromatic carbocycles. The van der Waals surface area contributed by atoms with Crippen LogP contribution in [0.5, 0.6) is 0 Å². The fourth-order valence-electron chi connectivity index (χ4n) is 2.62. The first kappa shape index (κ1) is 15.3. The zero-order valence-electron chi connectivity index (χ0n) is 12.3. The molecule has 0 saturated carbocycles. The summed E-state index contributed by atoms with van der Waals surface area (Å²) in [4.78, 5) is 0. The smallest absolute Gasteiger partial charge is 0.0578 e. The molecule has 0 bridgehead atoms. The molecule has 0 spiro atoms. The van der Waals surface area contributed by atoms with Gasteiger partial charge in [-0.2, -0.15) is 0 Å². The summed E-state index contributed by atoms with van der Waals surface area (Å²) < 4.78 is 0. The number of nitrogens with one attached hydrogen (secondary N) is 1. The van der Waals surface area contributed by atoms with Gasteiger partial charge in [0.15, 0.2) is 0 Å². The molecule has 2 rings (SSSR count). The van der Waals surface area contributed by atoms with Crippen molar-refractivity contribution < 1.29 is 0 Å². The second-order valence-electron chi connectivity index (χ2n) is 5.37. The molecule has 0 unspecified atom stereocenters. The Kier molecular flexibility index (Phi) is 5.57. The molecule has 3 N–H and O–H groups in total. The van der Waals surface area contributed by atoms with Crippen LogP contribution in [-0.4, -0.2) is 18.6 Å². The van der Waals surface area contributed by atoms with Gasteiger partial charge in [-0.3, -0.25) is 5.32 Å².